The number of hydrogen-bond donors (Lipinski definition) is 1. The normalized spacial score (nSPS) is 36.5. The van der Waals surface area contributed by atoms with Crippen molar-refractivity contribution in [2.75, 3.05) is 19.0 Å². The zero-order valence-electron chi connectivity index (χ0n) is 11.5. The van der Waals surface area contributed by atoms with Crippen molar-refractivity contribution in [3.05, 3.63) is 0 Å². The van der Waals surface area contributed by atoms with E-state index in [1.165, 1.54) is 32.1 Å². The minimum atomic E-state index is -3.10. The van der Waals surface area contributed by atoms with Gasteiger partial charge < -0.3 is 4.74 Å². The Balaban J connectivity index is 1.46. The molecule has 0 bridgehead atoms. The molecule has 1 saturated heterocycles. The lowest BCUT2D eigenvalue weighted by Gasteiger charge is -2.21. The van der Waals surface area contributed by atoms with E-state index < -0.39 is 10.0 Å². The van der Waals surface area contributed by atoms with Crippen molar-refractivity contribution in [2.24, 2.45) is 17.8 Å². The van der Waals surface area contributed by atoms with Gasteiger partial charge in [0.25, 0.3) is 0 Å². The van der Waals surface area contributed by atoms with E-state index in [1.807, 2.05) is 0 Å². The highest BCUT2D eigenvalue weighted by molar-refractivity contribution is 7.89. The largest absolute Gasteiger partial charge is 0.381 e. The van der Waals surface area contributed by atoms with Crippen LogP contribution in [-0.4, -0.2) is 33.4 Å². The smallest absolute Gasteiger partial charge is 0.212 e. The number of nitrogens with one attached hydrogen (secondary N) is 1. The van der Waals surface area contributed by atoms with Crippen LogP contribution in [0.25, 0.3) is 0 Å². The molecular formula is C14H25NO3S. The number of rotatable bonds is 5. The molecule has 0 unspecified atom stereocenters. The highest BCUT2D eigenvalue weighted by atomic mass is 32.2. The Morgan fingerprint density at radius 1 is 1.11 bits per heavy atom. The van der Waals surface area contributed by atoms with E-state index in [9.17, 15) is 8.42 Å². The first-order valence-corrected chi connectivity index (χ1v) is 9.37. The molecule has 4 nitrogen and oxygen atoms in total. The van der Waals surface area contributed by atoms with E-state index in [1.54, 1.807) is 0 Å². The van der Waals surface area contributed by atoms with Crippen LogP contribution in [-0.2, 0) is 14.8 Å². The van der Waals surface area contributed by atoms with Gasteiger partial charge in [0, 0.05) is 12.6 Å². The van der Waals surface area contributed by atoms with Gasteiger partial charge in [-0.2, -0.15) is 0 Å². The fourth-order valence-corrected chi connectivity index (χ4v) is 5.45. The SMILES string of the molecule is O=S(=O)(C[C@@H]1CCOC1)N[C@H]1C[C@@H]1C1CCCCC1. The number of sulfonamides is 1. The summed E-state index contributed by atoms with van der Waals surface area (Å²) in [7, 11) is -3.10. The molecule has 3 atom stereocenters. The standard InChI is InChI=1S/C14H25NO3S/c16-19(17,10-11-6-7-18-9-11)15-14-8-13(14)12-4-2-1-3-5-12/h11-15H,1-10H2/t11-,13-,14+/m1/s1. The van der Waals surface area contributed by atoms with Gasteiger partial charge in [-0.25, -0.2) is 13.1 Å². The van der Waals surface area contributed by atoms with Crippen LogP contribution in [0, 0.1) is 17.8 Å². The maximum absolute atomic E-state index is 12.1. The number of hydrogen-bond acceptors (Lipinski definition) is 3. The van der Waals surface area contributed by atoms with Gasteiger partial charge in [0.05, 0.1) is 12.4 Å². The third kappa shape index (κ3) is 3.70. The lowest BCUT2D eigenvalue weighted by molar-refractivity contribution is 0.188. The Bertz CT molecular complexity index is 397. The average molecular weight is 287 g/mol. The molecule has 19 heavy (non-hydrogen) atoms. The van der Waals surface area contributed by atoms with Crippen molar-refractivity contribution >= 4 is 10.0 Å². The highest BCUT2D eigenvalue weighted by Crippen LogP contribution is 2.44. The third-order valence-corrected chi connectivity index (χ3v) is 6.48. The lowest BCUT2D eigenvalue weighted by atomic mass is 9.86. The second-order valence-electron chi connectivity index (χ2n) is 6.53. The van der Waals surface area contributed by atoms with E-state index in [4.69, 9.17) is 4.74 Å². The molecule has 0 aromatic carbocycles. The molecule has 0 amide bonds. The van der Waals surface area contributed by atoms with Crippen LogP contribution in [0.5, 0.6) is 0 Å². The van der Waals surface area contributed by atoms with E-state index >= 15 is 0 Å². The molecule has 1 aliphatic heterocycles. The maximum Gasteiger partial charge on any atom is 0.212 e. The highest BCUT2D eigenvalue weighted by Gasteiger charge is 2.45. The van der Waals surface area contributed by atoms with Crippen molar-refractivity contribution in [3.8, 4) is 0 Å². The minimum absolute atomic E-state index is 0.199. The van der Waals surface area contributed by atoms with Crippen LogP contribution in [0.2, 0.25) is 0 Å². The van der Waals surface area contributed by atoms with Crippen molar-refractivity contribution < 1.29 is 13.2 Å². The molecular weight excluding hydrogens is 262 g/mol. The molecule has 1 N–H and O–H groups in total. The van der Waals surface area contributed by atoms with E-state index in [0.717, 1.165) is 18.8 Å². The number of ether oxygens (including phenoxy) is 1. The van der Waals surface area contributed by atoms with Gasteiger partial charge in [-0.05, 0) is 30.6 Å². The Morgan fingerprint density at radius 2 is 1.89 bits per heavy atom. The molecule has 2 saturated carbocycles. The maximum atomic E-state index is 12.1. The van der Waals surface area contributed by atoms with E-state index in [-0.39, 0.29) is 17.7 Å². The van der Waals surface area contributed by atoms with Crippen LogP contribution in [0.4, 0.5) is 0 Å². The fraction of sp³-hybridized carbons (Fsp3) is 1.00. The summed E-state index contributed by atoms with van der Waals surface area (Å²) in [5.41, 5.74) is 0. The summed E-state index contributed by atoms with van der Waals surface area (Å²) in [5, 5.41) is 0. The Hall–Kier alpha value is -0.130. The zero-order valence-corrected chi connectivity index (χ0v) is 12.3. The molecule has 110 valence electrons. The van der Waals surface area contributed by atoms with Gasteiger partial charge in [-0.3, -0.25) is 0 Å². The molecule has 0 aromatic heterocycles. The zero-order chi connectivity index (χ0) is 13.3. The lowest BCUT2D eigenvalue weighted by Crippen LogP contribution is -2.33. The molecule has 0 aromatic rings. The summed E-state index contributed by atoms with van der Waals surface area (Å²) in [5.74, 6) is 1.84. The van der Waals surface area contributed by atoms with Crippen molar-refractivity contribution in [1.82, 2.24) is 4.72 Å². The van der Waals surface area contributed by atoms with Crippen LogP contribution in [0.15, 0.2) is 0 Å². The molecule has 2 aliphatic carbocycles. The monoisotopic (exact) mass is 287 g/mol. The van der Waals surface area contributed by atoms with Gasteiger partial charge in [0.15, 0.2) is 0 Å². The summed E-state index contributed by atoms with van der Waals surface area (Å²) < 4.78 is 32.4. The van der Waals surface area contributed by atoms with Crippen molar-refractivity contribution in [1.29, 1.82) is 0 Å². The molecule has 3 fully saturated rings. The quantitative estimate of drug-likeness (QED) is 0.840. The topological polar surface area (TPSA) is 55.4 Å². The summed E-state index contributed by atoms with van der Waals surface area (Å²) in [4.78, 5) is 0. The second kappa shape index (κ2) is 5.70. The predicted octanol–water partition coefficient (Wildman–Crippen LogP) is 1.91. The first-order chi connectivity index (χ1) is 9.14. The predicted molar refractivity (Wildman–Crippen MR) is 74.3 cm³/mol. The van der Waals surface area contributed by atoms with Gasteiger partial charge in [-0.15, -0.1) is 0 Å². The molecule has 0 radical (unpaired) electrons. The summed E-state index contributed by atoms with van der Waals surface area (Å²) in [6, 6.07) is 0.232. The van der Waals surface area contributed by atoms with Crippen LogP contribution in [0.3, 0.4) is 0 Å². The van der Waals surface area contributed by atoms with Crippen LogP contribution < -0.4 is 4.72 Å². The van der Waals surface area contributed by atoms with Crippen molar-refractivity contribution in [3.63, 3.8) is 0 Å². The van der Waals surface area contributed by atoms with E-state index in [0.29, 0.717) is 19.1 Å². The molecule has 3 aliphatic rings. The summed E-state index contributed by atoms with van der Waals surface area (Å²) in [6.07, 6.45) is 8.59. The Kier molecular flexibility index (Phi) is 4.15. The molecule has 1 heterocycles. The second-order valence-corrected chi connectivity index (χ2v) is 8.33. The first kappa shape index (κ1) is 13.8. The van der Waals surface area contributed by atoms with Crippen LogP contribution >= 0.6 is 0 Å². The fourth-order valence-electron chi connectivity index (χ4n) is 3.74. The third-order valence-electron chi connectivity index (χ3n) is 4.91. The van der Waals surface area contributed by atoms with Crippen molar-refractivity contribution in [2.45, 2.75) is 51.0 Å². The average Bonchev–Trinajstić information content (AvgIpc) is 2.93. The summed E-state index contributed by atoms with van der Waals surface area (Å²) >= 11 is 0. The Labute approximate surface area is 116 Å². The summed E-state index contributed by atoms with van der Waals surface area (Å²) in [6.45, 7) is 1.33. The van der Waals surface area contributed by atoms with Gasteiger partial charge >= 0.3 is 0 Å². The van der Waals surface area contributed by atoms with Gasteiger partial charge in [0.2, 0.25) is 10.0 Å². The van der Waals surface area contributed by atoms with Crippen LogP contribution in [0.1, 0.15) is 44.9 Å². The minimum Gasteiger partial charge on any atom is -0.381 e. The first-order valence-electron chi connectivity index (χ1n) is 7.72. The van der Waals surface area contributed by atoms with Gasteiger partial charge in [0.1, 0.15) is 0 Å². The molecule has 0 spiro atoms. The van der Waals surface area contributed by atoms with E-state index in [2.05, 4.69) is 4.72 Å². The van der Waals surface area contributed by atoms with Gasteiger partial charge in [-0.1, -0.05) is 32.1 Å². The molecule has 5 heteroatoms. The Morgan fingerprint density at radius 3 is 2.58 bits per heavy atom. The molecule has 3 rings (SSSR count).